The molecule has 118 valence electrons. The summed E-state index contributed by atoms with van der Waals surface area (Å²) in [5.74, 6) is 0.0674. The highest BCUT2D eigenvalue weighted by Gasteiger charge is 2.34. The molecule has 0 saturated heterocycles. The first-order chi connectivity index (χ1) is 9.60. The molecule has 0 aliphatic heterocycles. The fourth-order valence-electron chi connectivity index (χ4n) is 2.60. The van der Waals surface area contributed by atoms with Crippen LogP contribution < -0.4 is 11.5 Å². The summed E-state index contributed by atoms with van der Waals surface area (Å²) >= 11 is 0. The predicted octanol–water partition coefficient (Wildman–Crippen LogP) is 3.96. The lowest BCUT2D eigenvalue weighted by Gasteiger charge is -2.38. The van der Waals surface area contributed by atoms with E-state index in [1.54, 1.807) is 18.2 Å². The zero-order chi connectivity index (χ0) is 16.3. The van der Waals surface area contributed by atoms with Crippen molar-refractivity contribution in [3.05, 3.63) is 48.3 Å². The van der Waals surface area contributed by atoms with E-state index >= 15 is 0 Å². The van der Waals surface area contributed by atoms with Gasteiger partial charge in [0.15, 0.2) is 0 Å². The summed E-state index contributed by atoms with van der Waals surface area (Å²) in [5, 5.41) is 0. The van der Waals surface area contributed by atoms with E-state index in [9.17, 15) is 4.39 Å². The van der Waals surface area contributed by atoms with Crippen LogP contribution in [0, 0.1) is 17.2 Å². The Morgan fingerprint density at radius 2 is 1.76 bits per heavy atom. The summed E-state index contributed by atoms with van der Waals surface area (Å²) in [6.07, 6.45) is 3.06. The van der Waals surface area contributed by atoms with Crippen molar-refractivity contribution >= 4 is 0 Å². The third-order valence-electron chi connectivity index (χ3n) is 4.54. The quantitative estimate of drug-likeness (QED) is 0.780. The minimum atomic E-state index is -0.603. The largest absolute Gasteiger partial charge is 0.327 e. The molecule has 4 N–H and O–H groups in total. The first-order valence-electron chi connectivity index (χ1n) is 7.51. The second kappa shape index (κ2) is 6.71. The van der Waals surface area contributed by atoms with Crippen LogP contribution in [0.3, 0.4) is 0 Å². The zero-order valence-corrected chi connectivity index (χ0v) is 13.7. The van der Waals surface area contributed by atoms with Gasteiger partial charge in [-0.3, -0.25) is 0 Å². The molecule has 1 aromatic rings. The Labute approximate surface area is 128 Å². The summed E-state index contributed by atoms with van der Waals surface area (Å²) < 4.78 is 13.1. The maximum Gasteiger partial charge on any atom is 0.123 e. The molecule has 0 amide bonds. The van der Waals surface area contributed by atoms with Crippen LogP contribution in [-0.2, 0) is 5.54 Å². The molecule has 1 aromatic carbocycles. The highest BCUT2D eigenvalue weighted by Crippen LogP contribution is 2.34. The van der Waals surface area contributed by atoms with Gasteiger partial charge in [-0.1, -0.05) is 45.9 Å². The van der Waals surface area contributed by atoms with Crippen LogP contribution in [0.2, 0.25) is 0 Å². The third-order valence-corrected chi connectivity index (χ3v) is 4.54. The van der Waals surface area contributed by atoms with Crippen LogP contribution >= 0.6 is 0 Å². The van der Waals surface area contributed by atoms with E-state index in [4.69, 9.17) is 11.5 Å². The number of rotatable bonds is 6. The molecule has 0 aliphatic rings. The molecule has 0 saturated carbocycles. The van der Waals surface area contributed by atoms with Gasteiger partial charge in [0, 0.05) is 11.6 Å². The lowest BCUT2D eigenvalue weighted by atomic mass is 9.72. The predicted molar refractivity (Wildman–Crippen MR) is 88.3 cm³/mol. The van der Waals surface area contributed by atoms with Crippen LogP contribution in [0.4, 0.5) is 4.39 Å². The van der Waals surface area contributed by atoms with Gasteiger partial charge in [0.2, 0.25) is 0 Å². The SMILES string of the molecule is C=CCC(N)(CC(N)[C@@H](C)C(C)(C)C)c1ccc(F)cc1. The standard InChI is InChI=1S/C18H29FN2/c1-6-11-18(21,14-7-9-15(19)10-8-14)12-16(20)13(2)17(3,4)5/h6-10,13,16H,1,11-12,20-21H2,2-5H3/t13-,16?,18?/m1/s1. The van der Waals surface area contributed by atoms with Crippen LogP contribution in [-0.4, -0.2) is 6.04 Å². The van der Waals surface area contributed by atoms with Crippen molar-refractivity contribution in [2.75, 3.05) is 0 Å². The summed E-state index contributed by atoms with van der Waals surface area (Å²) in [7, 11) is 0. The van der Waals surface area contributed by atoms with Gasteiger partial charge in [-0.15, -0.1) is 6.58 Å². The smallest absolute Gasteiger partial charge is 0.123 e. The van der Waals surface area contributed by atoms with Crippen LogP contribution in [0.25, 0.3) is 0 Å². The van der Waals surface area contributed by atoms with E-state index in [2.05, 4.69) is 34.3 Å². The molecule has 0 fully saturated rings. The second-order valence-corrected chi connectivity index (χ2v) is 7.18. The van der Waals surface area contributed by atoms with Gasteiger partial charge in [0.05, 0.1) is 0 Å². The third kappa shape index (κ3) is 4.65. The highest BCUT2D eigenvalue weighted by atomic mass is 19.1. The Morgan fingerprint density at radius 3 is 2.19 bits per heavy atom. The van der Waals surface area contributed by atoms with Crippen molar-refractivity contribution in [3.63, 3.8) is 0 Å². The molecular weight excluding hydrogens is 263 g/mol. The van der Waals surface area contributed by atoms with Crippen molar-refractivity contribution in [3.8, 4) is 0 Å². The maximum atomic E-state index is 13.1. The van der Waals surface area contributed by atoms with Crippen LogP contribution in [0.15, 0.2) is 36.9 Å². The number of halogens is 1. The first kappa shape index (κ1) is 17.9. The highest BCUT2D eigenvalue weighted by molar-refractivity contribution is 5.26. The van der Waals surface area contributed by atoms with Gasteiger partial charge < -0.3 is 11.5 Å². The van der Waals surface area contributed by atoms with E-state index < -0.39 is 5.54 Å². The summed E-state index contributed by atoms with van der Waals surface area (Å²) in [5.41, 5.74) is 13.4. The van der Waals surface area contributed by atoms with Crippen LogP contribution in [0.5, 0.6) is 0 Å². The van der Waals surface area contributed by atoms with E-state index in [1.807, 2.05) is 0 Å². The van der Waals surface area contributed by atoms with Crippen molar-refractivity contribution in [2.24, 2.45) is 22.8 Å². The number of hydrogen-bond acceptors (Lipinski definition) is 2. The molecule has 0 spiro atoms. The number of nitrogens with two attached hydrogens (primary N) is 2. The Kier molecular flexibility index (Phi) is 5.71. The lowest BCUT2D eigenvalue weighted by Crippen LogP contribution is -2.46. The van der Waals surface area contributed by atoms with Gasteiger partial charge >= 0.3 is 0 Å². The van der Waals surface area contributed by atoms with Gasteiger partial charge in [-0.25, -0.2) is 4.39 Å². The normalized spacial score (nSPS) is 17.9. The number of hydrogen-bond donors (Lipinski definition) is 2. The summed E-state index contributed by atoms with van der Waals surface area (Å²) in [6, 6.07) is 6.35. The minimum Gasteiger partial charge on any atom is -0.327 e. The van der Waals surface area contributed by atoms with Crippen molar-refractivity contribution in [1.29, 1.82) is 0 Å². The van der Waals surface area contributed by atoms with Crippen LogP contribution in [0.1, 0.15) is 46.1 Å². The van der Waals surface area contributed by atoms with E-state index in [1.165, 1.54) is 12.1 Å². The molecule has 0 radical (unpaired) electrons. The zero-order valence-electron chi connectivity index (χ0n) is 13.7. The number of benzene rings is 1. The van der Waals surface area contributed by atoms with E-state index in [0.29, 0.717) is 18.8 Å². The average molecular weight is 292 g/mol. The first-order valence-corrected chi connectivity index (χ1v) is 7.51. The van der Waals surface area contributed by atoms with E-state index in [0.717, 1.165) is 5.56 Å². The van der Waals surface area contributed by atoms with Gasteiger partial charge in [-0.2, -0.15) is 0 Å². The molecule has 2 unspecified atom stereocenters. The fourth-order valence-corrected chi connectivity index (χ4v) is 2.60. The Bertz CT molecular complexity index is 461. The molecule has 3 heteroatoms. The Balaban J connectivity index is 3.00. The molecule has 2 nitrogen and oxygen atoms in total. The molecule has 0 heterocycles. The van der Waals surface area contributed by atoms with Crippen molar-refractivity contribution < 1.29 is 4.39 Å². The molecule has 21 heavy (non-hydrogen) atoms. The Morgan fingerprint density at radius 1 is 1.24 bits per heavy atom. The molecule has 0 aromatic heterocycles. The molecule has 0 bridgehead atoms. The second-order valence-electron chi connectivity index (χ2n) is 7.18. The monoisotopic (exact) mass is 292 g/mol. The molecule has 1 rings (SSSR count). The maximum absolute atomic E-state index is 13.1. The van der Waals surface area contributed by atoms with Crippen molar-refractivity contribution in [1.82, 2.24) is 0 Å². The van der Waals surface area contributed by atoms with Gasteiger partial charge in [0.25, 0.3) is 0 Å². The molecular formula is C18H29FN2. The summed E-state index contributed by atoms with van der Waals surface area (Å²) in [4.78, 5) is 0. The molecule has 0 aliphatic carbocycles. The topological polar surface area (TPSA) is 52.0 Å². The fraction of sp³-hybridized carbons (Fsp3) is 0.556. The van der Waals surface area contributed by atoms with Crippen molar-refractivity contribution in [2.45, 2.75) is 52.1 Å². The van der Waals surface area contributed by atoms with Gasteiger partial charge in [-0.05, 0) is 41.9 Å². The lowest BCUT2D eigenvalue weighted by molar-refractivity contribution is 0.191. The summed E-state index contributed by atoms with van der Waals surface area (Å²) in [6.45, 7) is 12.5. The van der Waals surface area contributed by atoms with E-state index in [-0.39, 0.29) is 17.3 Å². The minimum absolute atomic E-state index is 0.0278. The molecule has 3 atom stereocenters. The average Bonchev–Trinajstić information content (AvgIpc) is 2.37. The van der Waals surface area contributed by atoms with Gasteiger partial charge in [0.1, 0.15) is 5.82 Å². The Hall–Kier alpha value is -1.19.